The second kappa shape index (κ2) is 5.29. The molecular weight excluding hydrogens is 271 g/mol. The van der Waals surface area contributed by atoms with Gasteiger partial charge in [-0.25, -0.2) is 0 Å². The maximum Gasteiger partial charge on any atom is 0.255 e. The van der Waals surface area contributed by atoms with E-state index in [1.807, 2.05) is 0 Å². The summed E-state index contributed by atoms with van der Waals surface area (Å²) in [6.07, 6.45) is 0. The molecule has 0 saturated carbocycles. The summed E-state index contributed by atoms with van der Waals surface area (Å²) in [6, 6.07) is 11.6. The summed E-state index contributed by atoms with van der Waals surface area (Å²) in [7, 11) is 0. The number of anilines is 2. The van der Waals surface area contributed by atoms with Gasteiger partial charge in [-0.2, -0.15) is 0 Å². The molecule has 1 amide bonds. The Balaban J connectivity index is 2.21. The van der Waals surface area contributed by atoms with Crippen LogP contribution in [0.25, 0.3) is 0 Å². The summed E-state index contributed by atoms with van der Waals surface area (Å²) in [5.41, 5.74) is 7.10. The maximum absolute atomic E-state index is 11.9. The van der Waals surface area contributed by atoms with E-state index >= 15 is 0 Å². The monoisotopic (exact) mass is 280 g/mol. The molecule has 0 spiro atoms. The Morgan fingerprint density at radius 3 is 2.56 bits per heavy atom. The minimum atomic E-state index is -0.274. The van der Waals surface area contributed by atoms with Crippen molar-refractivity contribution < 1.29 is 4.79 Å². The van der Waals surface area contributed by atoms with Crippen molar-refractivity contribution in [2.24, 2.45) is 0 Å². The number of nitrogen functional groups attached to an aromatic ring is 1. The average Bonchev–Trinajstić information content (AvgIpc) is 2.32. The maximum atomic E-state index is 11.9. The van der Waals surface area contributed by atoms with Crippen LogP contribution in [0.15, 0.2) is 42.5 Å². The number of rotatable bonds is 2. The molecule has 0 fully saturated rings. The predicted octanol–water partition coefficient (Wildman–Crippen LogP) is 3.83. The molecule has 3 N–H and O–H groups in total. The highest BCUT2D eigenvalue weighted by Gasteiger charge is 2.08. The van der Waals surface area contributed by atoms with Gasteiger partial charge in [-0.15, -0.1) is 0 Å². The van der Waals surface area contributed by atoms with E-state index in [0.29, 0.717) is 27.0 Å². The summed E-state index contributed by atoms with van der Waals surface area (Å²) < 4.78 is 0. The van der Waals surface area contributed by atoms with Crippen LogP contribution in [-0.4, -0.2) is 5.91 Å². The van der Waals surface area contributed by atoms with E-state index < -0.39 is 0 Å². The van der Waals surface area contributed by atoms with Crippen LogP contribution < -0.4 is 11.1 Å². The minimum Gasteiger partial charge on any atom is -0.399 e. The molecule has 3 nitrogen and oxygen atoms in total. The summed E-state index contributed by atoms with van der Waals surface area (Å²) >= 11 is 11.8. The van der Waals surface area contributed by atoms with Gasteiger partial charge in [0.25, 0.3) is 5.91 Å². The molecule has 0 heterocycles. The topological polar surface area (TPSA) is 55.1 Å². The second-order valence-corrected chi connectivity index (χ2v) is 4.55. The van der Waals surface area contributed by atoms with Crippen LogP contribution in [0.4, 0.5) is 11.4 Å². The van der Waals surface area contributed by atoms with Crippen molar-refractivity contribution in [1.82, 2.24) is 0 Å². The number of hydrogen-bond acceptors (Lipinski definition) is 2. The van der Waals surface area contributed by atoms with Crippen LogP contribution in [-0.2, 0) is 0 Å². The van der Waals surface area contributed by atoms with Crippen LogP contribution in [0, 0.1) is 0 Å². The largest absolute Gasteiger partial charge is 0.399 e. The number of carbonyl (C=O) groups excluding carboxylic acids is 1. The number of benzene rings is 2. The molecule has 2 aromatic carbocycles. The van der Waals surface area contributed by atoms with E-state index in [0.717, 1.165) is 0 Å². The molecule has 0 aliphatic heterocycles. The fourth-order valence-electron chi connectivity index (χ4n) is 1.46. The SMILES string of the molecule is Nc1ccc(NC(=O)c2cccc(Cl)c2)c(Cl)c1. The van der Waals surface area contributed by atoms with Gasteiger partial charge in [0, 0.05) is 16.3 Å². The van der Waals surface area contributed by atoms with Gasteiger partial charge in [0.1, 0.15) is 0 Å². The highest BCUT2D eigenvalue weighted by atomic mass is 35.5. The Morgan fingerprint density at radius 1 is 1.11 bits per heavy atom. The van der Waals surface area contributed by atoms with Gasteiger partial charge in [0.15, 0.2) is 0 Å². The van der Waals surface area contributed by atoms with Crippen molar-refractivity contribution in [3.05, 3.63) is 58.1 Å². The molecule has 18 heavy (non-hydrogen) atoms. The quantitative estimate of drug-likeness (QED) is 0.822. The molecule has 0 aliphatic rings. The van der Waals surface area contributed by atoms with Crippen molar-refractivity contribution in [3.8, 4) is 0 Å². The number of amides is 1. The van der Waals surface area contributed by atoms with Gasteiger partial charge >= 0.3 is 0 Å². The molecule has 0 radical (unpaired) electrons. The highest BCUT2D eigenvalue weighted by molar-refractivity contribution is 6.34. The summed E-state index contributed by atoms with van der Waals surface area (Å²) in [5, 5.41) is 3.60. The molecule has 0 aromatic heterocycles. The third-order valence-corrected chi connectivity index (χ3v) is 2.88. The zero-order chi connectivity index (χ0) is 13.1. The normalized spacial score (nSPS) is 10.1. The number of carbonyl (C=O) groups is 1. The number of nitrogens with one attached hydrogen (secondary N) is 1. The highest BCUT2D eigenvalue weighted by Crippen LogP contribution is 2.24. The lowest BCUT2D eigenvalue weighted by Crippen LogP contribution is -2.12. The molecule has 0 atom stereocenters. The molecule has 2 aromatic rings. The van der Waals surface area contributed by atoms with Crippen molar-refractivity contribution in [2.45, 2.75) is 0 Å². The average molecular weight is 281 g/mol. The first-order valence-corrected chi connectivity index (χ1v) is 5.94. The molecule has 0 aliphatic carbocycles. The third-order valence-electron chi connectivity index (χ3n) is 2.33. The summed E-state index contributed by atoms with van der Waals surface area (Å²) in [6.45, 7) is 0. The number of halogens is 2. The fraction of sp³-hybridized carbons (Fsp3) is 0. The minimum absolute atomic E-state index is 0.274. The lowest BCUT2D eigenvalue weighted by Gasteiger charge is -2.08. The summed E-state index contributed by atoms with van der Waals surface area (Å²) in [5.74, 6) is -0.274. The Bertz CT molecular complexity index is 599. The van der Waals surface area contributed by atoms with Crippen molar-refractivity contribution in [3.63, 3.8) is 0 Å². The van der Waals surface area contributed by atoms with Gasteiger partial charge in [-0.05, 0) is 36.4 Å². The fourth-order valence-corrected chi connectivity index (χ4v) is 1.88. The van der Waals surface area contributed by atoms with Gasteiger partial charge in [0.05, 0.1) is 10.7 Å². The van der Waals surface area contributed by atoms with Crippen LogP contribution in [0.5, 0.6) is 0 Å². The molecule has 92 valence electrons. The van der Waals surface area contributed by atoms with E-state index in [9.17, 15) is 4.79 Å². The van der Waals surface area contributed by atoms with E-state index in [1.165, 1.54) is 0 Å². The molecule has 2 rings (SSSR count). The van der Waals surface area contributed by atoms with Crippen molar-refractivity contribution >= 4 is 40.5 Å². The third kappa shape index (κ3) is 2.94. The molecule has 0 bridgehead atoms. The van der Waals surface area contributed by atoms with E-state index in [4.69, 9.17) is 28.9 Å². The molecular formula is C13H10Cl2N2O. The van der Waals surface area contributed by atoms with Gasteiger partial charge in [0.2, 0.25) is 0 Å². The first-order chi connectivity index (χ1) is 8.56. The van der Waals surface area contributed by atoms with Crippen LogP contribution in [0.3, 0.4) is 0 Å². The van der Waals surface area contributed by atoms with E-state index in [1.54, 1.807) is 42.5 Å². The second-order valence-electron chi connectivity index (χ2n) is 3.70. The Morgan fingerprint density at radius 2 is 1.89 bits per heavy atom. The Hall–Kier alpha value is -1.71. The van der Waals surface area contributed by atoms with Crippen LogP contribution >= 0.6 is 23.2 Å². The first-order valence-electron chi connectivity index (χ1n) is 5.18. The number of hydrogen-bond donors (Lipinski definition) is 2. The van der Waals surface area contributed by atoms with Gasteiger partial charge in [-0.1, -0.05) is 29.3 Å². The zero-order valence-electron chi connectivity index (χ0n) is 9.28. The molecule has 5 heteroatoms. The Kier molecular flexibility index (Phi) is 3.75. The molecule has 0 saturated heterocycles. The van der Waals surface area contributed by atoms with Crippen molar-refractivity contribution in [1.29, 1.82) is 0 Å². The van der Waals surface area contributed by atoms with Crippen LogP contribution in [0.1, 0.15) is 10.4 Å². The van der Waals surface area contributed by atoms with Crippen LogP contribution in [0.2, 0.25) is 10.0 Å². The van der Waals surface area contributed by atoms with Gasteiger partial charge < -0.3 is 11.1 Å². The Labute approximate surface area is 115 Å². The number of nitrogens with two attached hydrogens (primary N) is 1. The smallest absolute Gasteiger partial charge is 0.255 e. The predicted molar refractivity (Wildman–Crippen MR) is 75.3 cm³/mol. The van der Waals surface area contributed by atoms with E-state index in [-0.39, 0.29) is 5.91 Å². The standard InChI is InChI=1S/C13H10Cl2N2O/c14-9-3-1-2-8(6-9)13(18)17-12-5-4-10(16)7-11(12)15/h1-7H,16H2,(H,17,18). The van der Waals surface area contributed by atoms with Gasteiger partial charge in [-0.3, -0.25) is 4.79 Å². The zero-order valence-corrected chi connectivity index (χ0v) is 10.8. The van der Waals surface area contributed by atoms with E-state index in [2.05, 4.69) is 5.32 Å². The first kappa shape index (κ1) is 12.7. The summed E-state index contributed by atoms with van der Waals surface area (Å²) in [4.78, 5) is 11.9. The lowest BCUT2D eigenvalue weighted by atomic mass is 10.2. The molecule has 0 unspecified atom stereocenters. The lowest BCUT2D eigenvalue weighted by molar-refractivity contribution is 0.102. The van der Waals surface area contributed by atoms with Crippen molar-refractivity contribution in [2.75, 3.05) is 11.1 Å².